The van der Waals surface area contributed by atoms with Gasteiger partial charge in [0.05, 0.1) is 0 Å². The van der Waals surface area contributed by atoms with Gasteiger partial charge in [0.2, 0.25) is 0 Å². The molecule has 3 nitrogen and oxygen atoms in total. The molecule has 4 heteroatoms. The molecule has 2 heterocycles. The Morgan fingerprint density at radius 2 is 1.59 bits per heavy atom. The summed E-state index contributed by atoms with van der Waals surface area (Å²) in [6, 6.07) is 21.8. The summed E-state index contributed by atoms with van der Waals surface area (Å²) >= 11 is 0.299. The molecule has 0 N–H and O–H groups in total. The summed E-state index contributed by atoms with van der Waals surface area (Å²) in [5.74, 6) is 1.30. The third kappa shape index (κ3) is 4.31. The van der Waals surface area contributed by atoms with Gasteiger partial charge in [-0.3, -0.25) is 0 Å². The Kier molecular flexibility index (Phi) is 6.53. The molecule has 0 aromatic heterocycles. The van der Waals surface area contributed by atoms with Gasteiger partial charge in [-0.05, 0) is 0 Å². The Morgan fingerprint density at radius 3 is 2.26 bits per heavy atom. The number of benzene rings is 2. The van der Waals surface area contributed by atoms with Crippen molar-refractivity contribution in [3.63, 3.8) is 0 Å². The number of fused-ring (bicyclic) bond motifs is 2. The van der Waals surface area contributed by atoms with Gasteiger partial charge in [-0.25, -0.2) is 0 Å². The third-order valence-corrected chi connectivity index (χ3v) is 11.5. The van der Waals surface area contributed by atoms with Gasteiger partial charge in [0, 0.05) is 0 Å². The SMILES string of the molecule is C[C@@H]1CC[C@@H]2[C@@H](C1)O[C@@H]1N(C[C@@H](C(C)(C)[Se]c3ccccc3)O[C@@]1(C)c1ccccc1)C2(C)C. The predicted octanol–water partition coefficient (Wildman–Crippen LogP) is 5.77. The van der Waals surface area contributed by atoms with E-state index in [1.54, 1.807) is 0 Å². The standard InChI is InChI=1S/C30H41NO2Se/c1-21-17-18-24-25(19-21)32-27-30(6,22-13-9-7-10-14-22)33-26(20-31(27)28(24,2)3)29(4,5)34-23-15-11-8-12-16-23/h7-16,21,24-27H,17-20H2,1-6H3/t21-,24-,25-,26+,27+,30+/m1/s1. The van der Waals surface area contributed by atoms with Crippen molar-refractivity contribution in [3.05, 3.63) is 66.2 Å². The number of hydrogen-bond acceptors (Lipinski definition) is 3. The van der Waals surface area contributed by atoms with E-state index in [4.69, 9.17) is 9.47 Å². The van der Waals surface area contributed by atoms with E-state index in [1.807, 2.05) is 0 Å². The molecule has 0 radical (unpaired) electrons. The van der Waals surface area contributed by atoms with Crippen LogP contribution in [0.1, 0.15) is 66.4 Å². The van der Waals surface area contributed by atoms with Crippen LogP contribution >= 0.6 is 0 Å². The Morgan fingerprint density at radius 1 is 0.941 bits per heavy atom. The van der Waals surface area contributed by atoms with Crippen molar-refractivity contribution >= 4 is 19.4 Å². The molecule has 3 fully saturated rings. The van der Waals surface area contributed by atoms with E-state index in [-0.39, 0.29) is 22.2 Å². The van der Waals surface area contributed by atoms with Crippen molar-refractivity contribution < 1.29 is 9.47 Å². The van der Waals surface area contributed by atoms with Gasteiger partial charge in [-0.1, -0.05) is 0 Å². The van der Waals surface area contributed by atoms with Crippen LogP contribution in [0.3, 0.4) is 0 Å². The van der Waals surface area contributed by atoms with Crippen molar-refractivity contribution in [1.82, 2.24) is 4.90 Å². The van der Waals surface area contributed by atoms with E-state index in [0.29, 0.717) is 27.0 Å². The molecule has 2 aliphatic heterocycles. The molecule has 5 rings (SSSR count). The quantitative estimate of drug-likeness (QED) is 0.472. The van der Waals surface area contributed by atoms with E-state index in [2.05, 4.69) is 107 Å². The minimum atomic E-state index is -0.517. The number of nitrogens with zero attached hydrogens (tertiary/aromatic N) is 1. The average molecular weight is 527 g/mol. The second-order valence-corrected chi connectivity index (χ2v) is 15.6. The fourth-order valence-electron chi connectivity index (χ4n) is 6.57. The molecule has 0 unspecified atom stereocenters. The van der Waals surface area contributed by atoms with Crippen LogP contribution in [0.2, 0.25) is 4.31 Å². The monoisotopic (exact) mass is 527 g/mol. The molecule has 184 valence electrons. The Bertz CT molecular complexity index is 978. The van der Waals surface area contributed by atoms with Crippen LogP contribution in [0.4, 0.5) is 0 Å². The first-order chi connectivity index (χ1) is 16.1. The molecule has 0 amide bonds. The Labute approximate surface area is 212 Å². The second kappa shape index (κ2) is 9.05. The first-order valence-electron chi connectivity index (χ1n) is 13.0. The van der Waals surface area contributed by atoms with E-state index >= 15 is 0 Å². The molecule has 3 aliphatic rings. The van der Waals surface area contributed by atoms with Crippen molar-refractivity contribution in [1.29, 1.82) is 0 Å². The van der Waals surface area contributed by atoms with E-state index in [9.17, 15) is 0 Å². The molecule has 2 aromatic carbocycles. The maximum atomic E-state index is 7.22. The van der Waals surface area contributed by atoms with Gasteiger partial charge < -0.3 is 0 Å². The third-order valence-electron chi connectivity index (χ3n) is 8.76. The summed E-state index contributed by atoms with van der Waals surface area (Å²) in [5.41, 5.74) is 0.773. The van der Waals surface area contributed by atoms with Gasteiger partial charge >= 0.3 is 213 Å². The summed E-state index contributed by atoms with van der Waals surface area (Å²) in [5, 5.41) is 0. The van der Waals surface area contributed by atoms with Crippen molar-refractivity contribution in [3.8, 4) is 0 Å². The second-order valence-electron chi connectivity index (χ2n) is 12.0. The summed E-state index contributed by atoms with van der Waals surface area (Å²) in [6.07, 6.45) is 4.08. The first kappa shape index (κ1) is 24.5. The van der Waals surface area contributed by atoms with Gasteiger partial charge in [-0.2, -0.15) is 0 Å². The predicted molar refractivity (Wildman–Crippen MR) is 140 cm³/mol. The van der Waals surface area contributed by atoms with Crippen LogP contribution in [0.25, 0.3) is 0 Å². The Hall–Kier alpha value is -1.16. The molecule has 34 heavy (non-hydrogen) atoms. The first-order valence-corrected chi connectivity index (χ1v) is 14.7. The number of ether oxygens (including phenoxy) is 2. The average Bonchev–Trinajstić information content (AvgIpc) is 2.80. The van der Waals surface area contributed by atoms with Gasteiger partial charge in [0.1, 0.15) is 0 Å². The van der Waals surface area contributed by atoms with E-state index in [1.165, 1.54) is 22.9 Å². The van der Waals surface area contributed by atoms with Crippen LogP contribution in [0.15, 0.2) is 60.7 Å². The van der Waals surface area contributed by atoms with E-state index in [0.717, 1.165) is 18.9 Å². The topological polar surface area (TPSA) is 21.7 Å². The fourth-order valence-corrected chi connectivity index (χ4v) is 8.99. The van der Waals surface area contributed by atoms with Crippen LogP contribution in [0, 0.1) is 11.8 Å². The summed E-state index contributed by atoms with van der Waals surface area (Å²) < 4.78 is 15.7. The van der Waals surface area contributed by atoms with Crippen LogP contribution in [-0.2, 0) is 15.1 Å². The van der Waals surface area contributed by atoms with Crippen LogP contribution in [0.5, 0.6) is 0 Å². The summed E-state index contributed by atoms with van der Waals surface area (Å²) in [6.45, 7) is 15.3. The zero-order valence-electron chi connectivity index (χ0n) is 21.7. The fraction of sp³-hybridized carbons (Fsp3) is 0.600. The number of hydrogen-bond donors (Lipinski definition) is 0. The van der Waals surface area contributed by atoms with Crippen molar-refractivity contribution in [2.45, 2.75) is 94.7 Å². The molecule has 2 aromatic rings. The number of morpholine rings is 1. The maximum absolute atomic E-state index is 7.22. The zero-order valence-corrected chi connectivity index (χ0v) is 23.4. The van der Waals surface area contributed by atoms with Gasteiger partial charge in [0.25, 0.3) is 0 Å². The van der Waals surface area contributed by atoms with Crippen LogP contribution in [-0.4, -0.2) is 50.4 Å². The van der Waals surface area contributed by atoms with Gasteiger partial charge in [-0.15, -0.1) is 0 Å². The normalized spacial score (nSPS) is 35.9. The number of rotatable bonds is 4. The summed E-state index contributed by atoms with van der Waals surface area (Å²) in [4.78, 5) is 2.69. The van der Waals surface area contributed by atoms with E-state index < -0.39 is 5.60 Å². The Balaban J connectivity index is 1.54. The molecule has 6 atom stereocenters. The summed E-state index contributed by atoms with van der Waals surface area (Å²) in [7, 11) is 0. The molecule has 2 saturated heterocycles. The van der Waals surface area contributed by atoms with Crippen LogP contribution < -0.4 is 4.46 Å². The molecule has 0 bridgehead atoms. The molecule has 1 saturated carbocycles. The van der Waals surface area contributed by atoms with Crippen molar-refractivity contribution in [2.24, 2.45) is 11.8 Å². The van der Waals surface area contributed by atoms with Crippen molar-refractivity contribution in [2.75, 3.05) is 6.54 Å². The molecular formula is C30H41NO2Se. The zero-order chi connectivity index (χ0) is 24.1. The molecular weight excluding hydrogens is 485 g/mol. The molecule has 0 spiro atoms. The van der Waals surface area contributed by atoms with Gasteiger partial charge in [0.15, 0.2) is 0 Å². The minimum absolute atomic E-state index is 0.0450. The molecule has 1 aliphatic carbocycles.